The lowest BCUT2D eigenvalue weighted by Crippen LogP contribution is -2.20. The highest BCUT2D eigenvalue weighted by molar-refractivity contribution is 5.73. The second-order valence-electron chi connectivity index (χ2n) is 4.29. The number of halogens is 1. The molecule has 1 N–H and O–H groups in total. The quantitative estimate of drug-likeness (QED) is 0.919. The summed E-state index contributed by atoms with van der Waals surface area (Å²) in [6.45, 7) is 3.42. The maximum absolute atomic E-state index is 13.3. The van der Waals surface area contributed by atoms with Crippen LogP contribution in [0.15, 0.2) is 24.4 Å². The minimum Gasteiger partial charge on any atom is -0.480 e. The molecule has 0 fully saturated rings. The summed E-state index contributed by atoms with van der Waals surface area (Å²) in [6, 6.07) is 3.82. The maximum atomic E-state index is 13.3. The molecule has 1 aromatic heterocycles. The van der Waals surface area contributed by atoms with Crippen LogP contribution in [0.25, 0.3) is 11.3 Å². The third-order valence-corrected chi connectivity index (χ3v) is 3.00. The first kappa shape index (κ1) is 13.2. The standard InChI is InChI=1S/C13H14FN3O2/c1-3-11(13(18)19)17-12(7-15-16-17)9-4-5-10(14)8(2)6-9/h4-7,11H,3H2,1-2H3,(H,18,19). The van der Waals surface area contributed by atoms with Gasteiger partial charge in [0.15, 0.2) is 6.04 Å². The number of aliphatic carboxylic acids is 1. The van der Waals surface area contributed by atoms with E-state index in [-0.39, 0.29) is 5.82 Å². The molecule has 1 heterocycles. The van der Waals surface area contributed by atoms with E-state index in [2.05, 4.69) is 10.3 Å². The molecule has 0 radical (unpaired) electrons. The molecule has 100 valence electrons. The van der Waals surface area contributed by atoms with Crippen molar-refractivity contribution in [3.05, 3.63) is 35.8 Å². The van der Waals surface area contributed by atoms with Crippen molar-refractivity contribution in [2.45, 2.75) is 26.3 Å². The molecule has 0 aliphatic carbocycles. The number of carboxylic acids is 1. The van der Waals surface area contributed by atoms with E-state index in [4.69, 9.17) is 5.11 Å². The Labute approximate surface area is 109 Å². The molecular formula is C13H14FN3O2. The van der Waals surface area contributed by atoms with E-state index < -0.39 is 12.0 Å². The Kier molecular flexibility index (Phi) is 3.59. The van der Waals surface area contributed by atoms with Crippen molar-refractivity contribution in [3.63, 3.8) is 0 Å². The van der Waals surface area contributed by atoms with Crippen molar-refractivity contribution >= 4 is 5.97 Å². The zero-order valence-corrected chi connectivity index (χ0v) is 10.7. The van der Waals surface area contributed by atoms with E-state index in [0.717, 1.165) is 0 Å². The number of hydrogen-bond acceptors (Lipinski definition) is 3. The van der Waals surface area contributed by atoms with Gasteiger partial charge in [-0.25, -0.2) is 13.9 Å². The topological polar surface area (TPSA) is 68.0 Å². The fraction of sp³-hybridized carbons (Fsp3) is 0.308. The van der Waals surface area contributed by atoms with E-state index >= 15 is 0 Å². The average molecular weight is 263 g/mol. The molecule has 0 amide bonds. The summed E-state index contributed by atoms with van der Waals surface area (Å²) in [5.74, 6) is -1.26. The minimum absolute atomic E-state index is 0.298. The summed E-state index contributed by atoms with van der Waals surface area (Å²) in [6.07, 6.45) is 1.88. The predicted molar refractivity (Wildman–Crippen MR) is 67.1 cm³/mol. The molecule has 2 rings (SSSR count). The summed E-state index contributed by atoms with van der Waals surface area (Å²) < 4.78 is 14.6. The van der Waals surface area contributed by atoms with Crippen molar-refractivity contribution in [1.82, 2.24) is 15.0 Å². The lowest BCUT2D eigenvalue weighted by atomic mass is 10.1. The van der Waals surface area contributed by atoms with Crippen molar-refractivity contribution < 1.29 is 14.3 Å². The van der Waals surface area contributed by atoms with E-state index in [0.29, 0.717) is 23.2 Å². The molecular weight excluding hydrogens is 249 g/mol. The minimum atomic E-state index is -0.965. The SMILES string of the molecule is CCC(C(=O)O)n1nncc1-c1ccc(F)c(C)c1. The molecule has 0 aliphatic rings. The first-order chi connectivity index (χ1) is 9.04. The van der Waals surface area contributed by atoms with E-state index in [1.807, 2.05) is 0 Å². The van der Waals surface area contributed by atoms with Crippen molar-refractivity contribution in [2.75, 3.05) is 0 Å². The van der Waals surface area contributed by atoms with Gasteiger partial charge in [-0.05, 0) is 37.1 Å². The van der Waals surface area contributed by atoms with Gasteiger partial charge in [-0.1, -0.05) is 12.1 Å². The van der Waals surface area contributed by atoms with Gasteiger partial charge in [-0.15, -0.1) is 5.10 Å². The van der Waals surface area contributed by atoms with Crippen molar-refractivity contribution in [2.24, 2.45) is 0 Å². The largest absolute Gasteiger partial charge is 0.480 e. The van der Waals surface area contributed by atoms with Crippen LogP contribution in [0.1, 0.15) is 24.9 Å². The molecule has 1 aromatic carbocycles. The molecule has 1 atom stereocenters. The van der Waals surface area contributed by atoms with Crippen LogP contribution in [-0.4, -0.2) is 26.1 Å². The molecule has 0 saturated heterocycles. The van der Waals surface area contributed by atoms with Gasteiger partial charge in [0.1, 0.15) is 5.82 Å². The summed E-state index contributed by atoms with van der Waals surface area (Å²) in [7, 11) is 0. The number of aryl methyl sites for hydroxylation is 1. The Hall–Kier alpha value is -2.24. The normalized spacial score (nSPS) is 12.4. The number of aromatic nitrogens is 3. The number of carboxylic acid groups (broad SMARTS) is 1. The van der Waals surface area contributed by atoms with E-state index in [1.54, 1.807) is 26.0 Å². The zero-order valence-electron chi connectivity index (χ0n) is 10.7. The first-order valence-electron chi connectivity index (χ1n) is 5.94. The number of nitrogens with zero attached hydrogens (tertiary/aromatic N) is 3. The van der Waals surface area contributed by atoms with Crippen LogP contribution >= 0.6 is 0 Å². The van der Waals surface area contributed by atoms with Crippen LogP contribution in [-0.2, 0) is 4.79 Å². The Morgan fingerprint density at radius 1 is 1.53 bits per heavy atom. The predicted octanol–water partition coefficient (Wildman–Crippen LogP) is 2.43. The van der Waals surface area contributed by atoms with E-state index in [1.165, 1.54) is 16.9 Å². The summed E-state index contributed by atoms with van der Waals surface area (Å²) in [5.41, 5.74) is 1.76. The molecule has 0 bridgehead atoms. The third-order valence-electron chi connectivity index (χ3n) is 3.00. The third kappa shape index (κ3) is 2.47. The Morgan fingerprint density at radius 3 is 2.84 bits per heavy atom. The molecule has 6 heteroatoms. The van der Waals surface area contributed by atoms with Gasteiger partial charge in [0, 0.05) is 5.56 Å². The van der Waals surface area contributed by atoms with Crippen LogP contribution < -0.4 is 0 Å². The van der Waals surface area contributed by atoms with Gasteiger partial charge in [-0.3, -0.25) is 0 Å². The average Bonchev–Trinajstić information content (AvgIpc) is 2.82. The number of carbonyl (C=O) groups is 1. The molecule has 19 heavy (non-hydrogen) atoms. The number of rotatable bonds is 4. The van der Waals surface area contributed by atoms with Gasteiger partial charge in [0.25, 0.3) is 0 Å². The lowest BCUT2D eigenvalue weighted by Gasteiger charge is -2.13. The molecule has 2 aromatic rings. The fourth-order valence-corrected chi connectivity index (χ4v) is 1.94. The van der Waals surface area contributed by atoms with Gasteiger partial charge < -0.3 is 5.11 Å². The Morgan fingerprint density at radius 2 is 2.26 bits per heavy atom. The van der Waals surface area contributed by atoms with E-state index in [9.17, 15) is 9.18 Å². The van der Waals surface area contributed by atoms with Crippen LogP contribution in [0.5, 0.6) is 0 Å². The summed E-state index contributed by atoms with van der Waals surface area (Å²) in [5, 5.41) is 16.8. The zero-order chi connectivity index (χ0) is 14.0. The van der Waals surface area contributed by atoms with Gasteiger partial charge in [0.05, 0.1) is 11.9 Å². The smallest absolute Gasteiger partial charge is 0.328 e. The van der Waals surface area contributed by atoms with Crippen LogP contribution in [0, 0.1) is 12.7 Å². The molecule has 0 spiro atoms. The van der Waals surface area contributed by atoms with Gasteiger partial charge >= 0.3 is 5.97 Å². The highest BCUT2D eigenvalue weighted by Crippen LogP contribution is 2.24. The van der Waals surface area contributed by atoms with Gasteiger partial charge in [0.2, 0.25) is 0 Å². The summed E-state index contributed by atoms with van der Waals surface area (Å²) in [4.78, 5) is 11.2. The molecule has 1 unspecified atom stereocenters. The summed E-state index contributed by atoms with van der Waals surface area (Å²) >= 11 is 0. The highest BCUT2D eigenvalue weighted by Gasteiger charge is 2.22. The van der Waals surface area contributed by atoms with Crippen LogP contribution in [0.2, 0.25) is 0 Å². The Bertz CT molecular complexity index is 610. The Balaban J connectivity index is 2.49. The monoisotopic (exact) mass is 263 g/mol. The second-order valence-corrected chi connectivity index (χ2v) is 4.29. The second kappa shape index (κ2) is 5.17. The first-order valence-corrected chi connectivity index (χ1v) is 5.94. The fourth-order valence-electron chi connectivity index (χ4n) is 1.94. The van der Waals surface area contributed by atoms with Crippen molar-refractivity contribution in [1.29, 1.82) is 0 Å². The number of hydrogen-bond donors (Lipinski definition) is 1. The maximum Gasteiger partial charge on any atom is 0.328 e. The van der Waals surface area contributed by atoms with Crippen LogP contribution in [0.3, 0.4) is 0 Å². The highest BCUT2D eigenvalue weighted by atomic mass is 19.1. The van der Waals surface area contributed by atoms with Crippen molar-refractivity contribution in [3.8, 4) is 11.3 Å². The lowest BCUT2D eigenvalue weighted by molar-refractivity contribution is -0.141. The molecule has 5 nitrogen and oxygen atoms in total. The van der Waals surface area contributed by atoms with Gasteiger partial charge in [-0.2, -0.15) is 0 Å². The van der Waals surface area contributed by atoms with Crippen LogP contribution in [0.4, 0.5) is 4.39 Å². The number of benzene rings is 1. The molecule has 0 aliphatic heterocycles. The molecule has 0 saturated carbocycles.